The minimum absolute atomic E-state index is 0.494. The summed E-state index contributed by atoms with van der Waals surface area (Å²) in [5.74, 6) is 1.89. The first kappa shape index (κ1) is 15.6. The van der Waals surface area contributed by atoms with E-state index in [1.807, 2.05) is 6.26 Å². The molecule has 1 fully saturated rings. The van der Waals surface area contributed by atoms with Crippen molar-refractivity contribution in [3.05, 3.63) is 23.7 Å². The third kappa shape index (κ3) is 4.95. The van der Waals surface area contributed by atoms with E-state index in [-0.39, 0.29) is 0 Å². The second kappa shape index (κ2) is 7.28. The minimum atomic E-state index is 0.494. The molecule has 20 heavy (non-hydrogen) atoms. The molecule has 114 valence electrons. The van der Waals surface area contributed by atoms with E-state index < -0.39 is 0 Å². The highest BCUT2D eigenvalue weighted by atomic mass is 16.3. The van der Waals surface area contributed by atoms with E-state index in [0.29, 0.717) is 6.04 Å². The van der Waals surface area contributed by atoms with Crippen LogP contribution in [0.2, 0.25) is 0 Å². The molecule has 0 radical (unpaired) electrons. The van der Waals surface area contributed by atoms with Crippen LogP contribution in [0.4, 0.5) is 0 Å². The van der Waals surface area contributed by atoms with E-state index >= 15 is 0 Å². The number of nitrogens with one attached hydrogen (secondary N) is 1. The molecular formula is C17H30N2O. The summed E-state index contributed by atoms with van der Waals surface area (Å²) < 4.78 is 5.65. The van der Waals surface area contributed by atoms with Crippen LogP contribution >= 0.6 is 0 Å². The topological polar surface area (TPSA) is 28.4 Å². The van der Waals surface area contributed by atoms with Crippen molar-refractivity contribution in [1.82, 2.24) is 10.2 Å². The Kier molecular flexibility index (Phi) is 5.67. The van der Waals surface area contributed by atoms with Crippen molar-refractivity contribution in [2.45, 2.75) is 72.1 Å². The Hall–Kier alpha value is -0.800. The van der Waals surface area contributed by atoms with Gasteiger partial charge in [-0.05, 0) is 37.8 Å². The monoisotopic (exact) mass is 278 g/mol. The Bertz CT molecular complexity index is 393. The first-order chi connectivity index (χ1) is 9.56. The van der Waals surface area contributed by atoms with Gasteiger partial charge in [-0.2, -0.15) is 0 Å². The van der Waals surface area contributed by atoms with Gasteiger partial charge in [-0.15, -0.1) is 0 Å². The van der Waals surface area contributed by atoms with Crippen molar-refractivity contribution in [3.63, 3.8) is 0 Å². The lowest BCUT2D eigenvalue weighted by Crippen LogP contribution is -2.28. The summed E-state index contributed by atoms with van der Waals surface area (Å²) in [4.78, 5) is 2.64. The fourth-order valence-corrected chi connectivity index (χ4v) is 2.43. The molecule has 2 rings (SSSR count). The molecular weight excluding hydrogens is 248 g/mol. The van der Waals surface area contributed by atoms with E-state index in [1.54, 1.807) is 0 Å². The molecule has 3 nitrogen and oxygen atoms in total. The SMILES string of the molecule is CC(C)CCN(Cc1ccoc1CNC(C)C)C1CC1. The Morgan fingerprint density at radius 2 is 2.05 bits per heavy atom. The van der Waals surface area contributed by atoms with Crippen LogP contribution in [-0.4, -0.2) is 23.5 Å². The van der Waals surface area contributed by atoms with Crippen molar-refractivity contribution in [2.24, 2.45) is 5.92 Å². The molecule has 0 spiro atoms. The second-order valence-electron chi connectivity index (χ2n) is 6.79. The number of nitrogens with zero attached hydrogens (tertiary/aromatic N) is 1. The first-order valence-corrected chi connectivity index (χ1v) is 8.09. The van der Waals surface area contributed by atoms with Gasteiger partial charge in [0.15, 0.2) is 0 Å². The number of furan rings is 1. The van der Waals surface area contributed by atoms with Gasteiger partial charge in [-0.3, -0.25) is 4.90 Å². The second-order valence-corrected chi connectivity index (χ2v) is 6.79. The van der Waals surface area contributed by atoms with Crippen LogP contribution < -0.4 is 5.32 Å². The van der Waals surface area contributed by atoms with E-state index in [4.69, 9.17) is 4.42 Å². The predicted molar refractivity (Wildman–Crippen MR) is 83.6 cm³/mol. The molecule has 1 aliphatic carbocycles. The normalized spacial score (nSPS) is 15.8. The molecule has 1 aromatic heterocycles. The van der Waals surface area contributed by atoms with Gasteiger partial charge in [0.25, 0.3) is 0 Å². The molecule has 1 aliphatic rings. The summed E-state index contributed by atoms with van der Waals surface area (Å²) >= 11 is 0. The van der Waals surface area contributed by atoms with Gasteiger partial charge in [0, 0.05) is 24.2 Å². The molecule has 0 unspecified atom stereocenters. The zero-order valence-corrected chi connectivity index (χ0v) is 13.5. The quantitative estimate of drug-likeness (QED) is 0.745. The Morgan fingerprint density at radius 3 is 2.65 bits per heavy atom. The maximum Gasteiger partial charge on any atom is 0.122 e. The molecule has 1 aromatic rings. The fraction of sp³-hybridized carbons (Fsp3) is 0.765. The van der Waals surface area contributed by atoms with Gasteiger partial charge in [0.1, 0.15) is 5.76 Å². The first-order valence-electron chi connectivity index (χ1n) is 8.09. The summed E-state index contributed by atoms with van der Waals surface area (Å²) in [5.41, 5.74) is 1.36. The van der Waals surface area contributed by atoms with Crippen LogP contribution in [0.5, 0.6) is 0 Å². The zero-order chi connectivity index (χ0) is 14.5. The smallest absolute Gasteiger partial charge is 0.122 e. The van der Waals surface area contributed by atoms with Crippen molar-refractivity contribution in [3.8, 4) is 0 Å². The van der Waals surface area contributed by atoms with Crippen LogP contribution in [0.1, 0.15) is 58.3 Å². The summed E-state index contributed by atoms with van der Waals surface area (Å²) in [5, 5.41) is 3.44. The Balaban J connectivity index is 1.91. The maximum atomic E-state index is 5.65. The summed E-state index contributed by atoms with van der Waals surface area (Å²) in [6.07, 6.45) is 5.86. The van der Waals surface area contributed by atoms with Crippen molar-refractivity contribution >= 4 is 0 Å². The highest BCUT2D eigenvalue weighted by Gasteiger charge is 2.29. The lowest BCUT2D eigenvalue weighted by atomic mass is 10.1. The molecule has 3 heteroatoms. The molecule has 0 bridgehead atoms. The van der Waals surface area contributed by atoms with Gasteiger partial charge in [0.2, 0.25) is 0 Å². The fourth-order valence-electron chi connectivity index (χ4n) is 2.43. The molecule has 0 saturated heterocycles. The van der Waals surface area contributed by atoms with E-state index in [1.165, 1.54) is 31.4 Å². The van der Waals surface area contributed by atoms with Crippen molar-refractivity contribution in [2.75, 3.05) is 6.54 Å². The number of rotatable bonds is 9. The number of hydrogen-bond donors (Lipinski definition) is 1. The molecule has 0 aliphatic heterocycles. The van der Waals surface area contributed by atoms with Crippen LogP contribution in [0.3, 0.4) is 0 Å². The lowest BCUT2D eigenvalue weighted by Gasteiger charge is -2.23. The van der Waals surface area contributed by atoms with Gasteiger partial charge >= 0.3 is 0 Å². The van der Waals surface area contributed by atoms with E-state index in [9.17, 15) is 0 Å². The van der Waals surface area contributed by atoms with Crippen LogP contribution in [-0.2, 0) is 13.1 Å². The molecule has 1 heterocycles. The molecule has 0 amide bonds. The average molecular weight is 278 g/mol. The maximum absolute atomic E-state index is 5.65. The summed E-state index contributed by atoms with van der Waals surface area (Å²) in [6, 6.07) is 3.45. The van der Waals surface area contributed by atoms with Gasteiger partial charge < -0.3 is 9.73 Å². The summed E-state index contributed by atoms with van der Waals surface area (Å²) in [6.45, 7) is 12.0. The molecule has 1 saturated carbocycles. The highest BCUT2D eigenvalue weighted by Crippen LogP contribution is 2.29. The standard InChI is InChI=1S/C17H30N2O/c1-13(2)7-9-19(16-5-6-16)12-15-8-10-20-17(15)11-18-14(3)4/h8,10,13-14,16,18H,5-7,9,11-12H2,1-4H3. The Labute approximate surface area is 123 Å². The predicted octanol–water partition coefficient (Wildman–Crippen LogP) is 3.79. The van der Waals surface area contributed by atoms with Gasteiger partial charge in [-0.1, -0.05) is 27.7 Å². The number of hydrogen-bond acceptors (Lipinski definition) is 3. The van der Waals surface area contributed by atoms with Crippen LogP contribution in [0.15, 0.2) is 16.7 Å². The zero-order valence-electron chi connectivity index (χ0n) is 13.5. The van der Waals surface area contributed by atoms with Crippen LogP contribution in [0, 0.1) is 5.92 Å². The molecule has 0 atom stereocenters. The minimum Gasteiger partial charge on any atom is -0.468 e. The highest BCUT2D eigenvalue weighted by molar-refractivity contribution is 5.17. The van der Waals surface area contributed by atoms with E-state index in [2.05, 4.69) is 44.0 Å². The van der Waals surface area contributed by atoms with E-state index in [0.717, 1.165) is 30.8 Å². The third-order valence-electron chi connectivity index (χ3n) is 3.94. The molecule has 0 aromatic carbocycles. The Morgan fingerprint density at radius 1 is 1.30 bits per heavy atom. The van der Waals surface area contributed by atoms with Crippen molar-refractivity contribution in [1.29, 1.82) is 0 Å². The lowest BCUT2D eigenvalue weighted by molar-refractivity contribution is 0.237. The third-order valence-corrected chi connectivity index (χ3v) is 3.94. The summed E-state index contributed by atoms with van der Waals surface area (Å²) in [7, 11) is 0. The largest absolute Gasteiger partial charge is 0.468 e. The van der Waals surface area contributed by atoms with Crippen LogP contribution in [0.25, 0.3) is 0 Å². The van der Waals surface area contributed by atoms with Crippen molar-refractivity contribution < 1.29 is 4.42 Å². The molecule has 1 N–H and O–H groups in total. The van der Waals surface area contributed by atoms with Gasteiger partial charge in [0.05, 0.1) is 12.8 Å². The average Bonchev–Trinajstić information content (AvgIpc) is 3.13. The van der Waals surface area contributed by atoms with Gasteiger partial charge in [-0.25, -0.2) is 0 Å².